The Labute approximate surface area is 118 Å². The summed E-state index contributed by atoms with van der Waals surface area (Å²) in [5, 5.41) is 5.96. The van der Waals surface area contributed by atoms with Gasteiger partial charge in [0.25, 0.3) is 5.91 Å². The molecule has 0 aliphatic rings. The van der Waals surface area contributed by atoms with Gasteiger partial charge in [0.2, 0.25) is 0 Å². The molecule has 0 bridgehead atoms. The molecule has 2 rings (SSSR count). The number of carbonyl (C=O) groups excluding carboxylic acids is 1. The highest BCUT2D eigenvalue weighted by Crippen LogP contribution is 2.05. The Morgan fingerprint density at radius 3 is 2.80 bits per heavy atom. The fourth-order valence-electron chi connectivity index (χ4n) is 1.76. The van der Waals surface area contributed by atoms with Crippen LogP contribution in [-0.2, 0) is 0 Å². The van der Waals surface area contributed by atoms with Gasteiger partial charge in [0.05, 0.1) is 11.9 Å². The van der Waals surface area contributed by atoms with Gasteiger partial charge < -0.3 is 16.4 Å². The molecule has 4 N–H and O–H groups in total. The number of anilines is 2. The van der Waals surface area contributed by atoms with Gasteiger partial charge in [-0.1, -0.05) is 17.7 Å². The van der Waals surface area contributed by atoms with Crippen LogP contribution in [0.4, 0.5) is 11.5 Å². The molecule has 0 unspecified atom stereocenters. The average molecular weight is 270 g/mol. The molecule has 104 valence electrons. The summed E-state index contributed by atoms with van der Waals surface area (Å²) >= 11 is 0. The Kier molecular flexibility index (Phi) is 4.55. The van der Waals surface area contributed by atoms with Gasteiger partial charge in [0.1, 0.15) is 5.82 Å². The molecule has 0 fully saturated rings. The quantitative estimate of drug-likeness (QED) is 0.724. The number of benzene rings is 1. The van der Waals surface area contributed by atoms with Crippen LogP contribution in [0.2, 0.25) is 0 Å². The summed E-state index contributed by atoms with van der Waals surface area (Å²) in [7, 11) is 0. The third-order valence-corrected chi connectivity index (χ3v) is 2.78. The number of hydrogen-bond donors (Lipinski definition) is 3. The van der Waals surface area contributed by atoms with Gasteiger partial charge in [-0.2, -0.15) is 0 Å². The van der Waals surface area contributed by atoms with Gasteiger partial charge in [-0.05, 0) is 31.2 Å². The first-order valence-electron chi connectivity index (χ1n) is 6.45. The van der Waals surface area contributed by atoms with E-state index in [1.54, 1.807) is 24.4 Å². The first kappa shape index (κ1) is 13.9. The van der Waals surface area contributed by atoms with E-state index in [-0.39, 0.29) is 5.91 Å². The number of aryl methyl sites for hydroxylation is 1. The first-order valence-corrected chi connectivity index (χ1v) is 6.45. The molecule has 2 aromatic rings. The van der Waals surface area contributed by atoms with Gasteiger partial charge >= 0.3 is 0 Å². The van der Waals surface area contributed by atoms with Crippen molar-refractivity contribution in [1.82, 2.24) is 10.3 Å². The molecule has 0 atom stereocenters. The SMILES string of the molecule is Cc1cccc(C(=O)NCCNc2ccc(N)cn2)c1. The predicted octanol–water partition coefficient (Wildman–Crippen LogP) is 1.81. The third kappa shape index (κ3) is 3.98. The number of amides is 1. The van der Waals surface area contributed by atoms with Crippen molar-refractivity contribution >= 4 is 17.4 Å². The molecule has 20 heavy (non-hydrogen) atoms. The van der Waals surface area contributed by atoms with E-state index in [1.807, 2.05) is 25.1 Å². The summed E-state index contributed by atoms with van der Waals surface area (Å²) in [5.74, 6) is 0.671. The molecule has 0 aliphatic carbocycles. The minimum atomic E-state index is -0.0687. The lowest BCUT2D eigenvalue weighted by Crippen LogP contribution is -2.28. The van der Waals surface area contributed by atoms with Crippen LogP contribution in [0, 0.1) is 6.92 Å². The Hall–Kier alpha value is -2.56. The van der Waals surface area contributed by atoms with E-state index in [9.17, 15) is 4.79 Å². The number of nitrogens with one attached hydrogen (secondary N) is 2. The first-order chi connectivity index (χ1) is 9.65. The highest BCUT2D eigenvalue weighted by molar-refractivity contribution is 5.94. The lowest BCUT2D eigenvalue weighted by molar-refractivity contribution is 0.0955. The number of nitrogens with two attached hydrogens (primary N) is 1. The number of pyridine rings is 1. The molecule has 0 radical (unpaired) electrons. The number of nitrogen functional groups attached to an aromatic ring is 1. The van der Waals surface area contributed by atoms with Crippen LogP contribution in [0.15, 0.2) is 42.6 Å². The van der Waals surface area contributed by atoms with Gasteiger partial charge in [-0.15, -0.1) is 0 Å². The number of rotatable bonds is 5. The fraction of sp³-hybridized carbons (Fsp3) is 0.200. The van der Waals surface area contributed by atoms with Crippen molar-refractivity contribution in [3.8, 4) is 0 Å². The van der Waals surface area contributed by atoms with Gasteiger partial charge in [-0.25, -0.2) is 4.98 Å². The third-order valence-electron chi connectivity index (χ3n) is 2.78. The molecule has 1 aromatic heterocycles. The summed E-state index contributed by atoms with van der Waals surface area (Å²) in [6, 6.07) is 11.1. The molecule has 0 saturated carbocycles. The van der Waals surface area contributed by atoms with E-state index in [0.717, 1.165) is 11.4 Å². The van der Waals surface area contributed by atoms with E-state index in [4.69, 9.17) is 5.73 Å². The van der Waals surface area contributed by atoms with E-state index in [2.05, 4.69) is 15.6 Å². The summed E-state index contributed by atoms with van der Waals surface area (Å²) in [6.07, 6.45) is 1.59. The maximum Gasteiger partial charge on any atom is 0.251 e. The summed E-state index contributed by atoms with van der Waals surface area (Å²) in [5.41, 5.74) is 7.93. The van der Waals surface area contributed by atoms with Crippen LogP contribution >= 0.6 is 0 Å². The number of carbonyl (C=O) groups is 1. The Morgan fingerprint density at radius 1 is 1.25 bits per heavy atom. The van der Waals surface area contributed by atoms with E-state index < -0.39 is 0 Å². The van der Waals surface area contributed by atoms with E-state index in [1.165, 1.54) is 0 Å². The van der Waals surface area contributed by atoms with Crippen LogP contribution in [0.3, 0.4) is 0 Å². The fourth-order valence-corrected chi connectivity index (χ4v) is 1.76. The van der Waals surface area contributed by atoms with Gasteiger partial charge in [0.15, 0.2) is 0 Å². The second-order valence-electron chi connectivity index (χ2n) is 4.53. The maximum atomic E-state index is 11.9. The van der Waals surface area contributed by atoms with Crippen molar-refractivity contribution in [2.75, 3.05) is 24.1 Å². The zero-order chi connectivity index (χ0) is 14.4. The smallest absolute Gasteiger partial charge is 0.251 e. The molecule has 5 heteroatoms. The summed E-state index contributed by atoms with van der Waals surface area (Å²) < 4.78 is 0. The molecule has 1 heterocycles. The minimum Gasteiger partial charge on any atom is -0.397 e. The van der Waals surface area contributed by atoms with Crippen molar-refractivity contribution in [2.45, 2.75) is 6.92 Å². The molecule has 1 aromatic carbocycles. The van der Waals surface area contributed by atoms with Gasteiger partial charge in [-0.3, -0.25) is 4.79 Å². The maximum absolute atomic E-state index is 11.9. The van der Waals surface area contributed by atoms with Crippen molar-refractivity contribution < 1.29 is 4.79 Å². The zero-order valence-electron chi connectivity index (χ0n) is 11.4. The Balaban J connectivity index is 1.76. The Bertz CT molecular complexity index is 581. The van der Waals surface area contributed by atoms with Crippen LogP contribution in [0.1, 0.15) is 15.9 Å². The molecular weight excluding hydrogens is 252 g/mol. The topological polar surface area (TPSA) is 80.0 Å². The van der Waals surface area contributed by atoms with Crippen LogP contribution in [0.25, 0.3) is 0 Å². The predicted molar refractivity (Wildman–Crippen MR) is 80.7 cm³/mol. The molecule has 5 nitrogen and oxygen atoms in total. The molecule has 1 amide bonds. The zero-order valence-corrected chi connectivity index (χ0v) is 11.4. The van der Waals surface area contributed by atoms with Crippen molar-refractivity contribution in [3.63, 3.8) is 0 Å². The highest BCUT2D eigenvalue weighted by atomic mass is 16.1. The standard InChI is InChI=1S/C15H18N4O/c1-11-3-2-4-12(9-11)15(20)18-8-7-17-14-6-5-13(16)10-19-14/h2-6,9-10H,7-8,16H2,1H3,(H,17,19)(H,18,20). The Morgan fingerprint density at radius 2 is 2.10 bits per heavy atom. The van der Waals surface area contributed by atoms with Crippen LogP contribution in [-0.4, -0.2) is 24.0 Å². The number of aromatic nitrogens is 1. The number of hydrogen-bond acceptors (Lipinski definition) is 4. The average Bonchev–Trinajstić information content (AvgIpc) is 2.45. The molecule has 0 spiro atoms. The minimum absolute atomic E-state index is 0.0687. The summed E-state index contributed by atoms with van der Waals surface area (Å²) in [6.45, 7) is 3.10. The molecule has 0 saturated heterocycles. The van der Waals surface area contributed by atoms with Crippen LogP contribution in [0.5, 0.6) is 0 Å². The van der Waals surface area contributed by atoms with Gasteiger partial charge in [0, 0.05) is 18.7 Å². The van der Waals surface area contributed by atoms with Crippen molar-refractivity contribution in [1.29, 1.82) is 0 Å². The lowest BCUT2D eigenvalue weighted by atomic mass is 10.1. The van der Waals surface area contributed by atoms with Crippen molar-refractivity contribution in [2.24, 2.45) is 0 Å². The van der Waals surface area contributed by atoms with E-state index >= 15 is 0 Å². The van der Waals surface area contributed by atoms with Crippen LogP contribution < -0.4 is 16.4 Å². The highest BCUT2D eigenvalue weighted by Gasteiger charge is 2.04. The monoisotopic (exact) mass is 270 g/mol. The normalized spacial score (nSPS) is 10.1. The molecule has 0 aliphatic heterocycles. The summed E-state index contributed by atoms with van der Waals surface area (Å²) in [4.78, 5) is 16.0. The second kappa shape index (κ2) is 6.56. The largest absolute Gasteiger partial charge is 0.397 e. The lowest BCUT2D eigenvalue weighted by Gasteiger charge is -2.08. The van der Waals surface area contributed by atoms with E-state index in [0.29, 0.717) is 24.3 Å². The molecular formula is C15H18N4O. The second-order valence-corrected chi connectivity index (χ2v) is 4.53. The number of nitrogens with zero attached hydrogens (tertiary/aromatic N) is 1. The van der Waals surface area contributed by atoms with Crippen molar-refractivity contribution in [3.05, 3.63) is 53.7 Å².